The molecule has 0 saturated heterocycles. The van der Waals surface area contributed by atoms with Crippen LogP contribution in [0.2, 0.25) is 0 Å². The predicted octanol–water partition coefficient (Wildman–Crippen LogP) is 2.95. The number of hydrogen-bond donors (Lipinski definition) is 0. The summed E-state index contributed by atoms with van der Waals surface area (Å²) in [5, 5.41) is 7.68. The molecule has 104 valence electrons. The molecule has 0 aliphatic carbocycles. The lowest BCUT2D eigenvalue weighted by molar-refractivity contribution is 0.102. The van der Waals surface area contributed by atoms with Gasteiger partial charge in [-0.3, -0.25) is 4.79 Å². The summed E-state index contributed by atoms with van der Waals surface area (Å²) in [6.45, 7) is 1.62. The Morgan fingerprint density at radius 2 is 1.86 bits per heavy atom. The third-order valence-corrected chi connectivity index (χ3v) is 3.22. The highest BCUT2D eigenvalue weighted by Gasteiger charge is 2.20. The van der Waals surface area contributed by atoms with E-state index in [9.17, 15) is 9.18 Å². The van der Waals surface area contributed by atoms with E-state index in [2.05, 4.69) is 10.3 Å². The monoisotopic (exact) mass is 281 g/mol. The Morgan fingerprint density at radius 3 is 2.62 bits per heavy atom. The molecule has 0 bridgehead atoms. The van der Waals surface area contributed by atoms with Gasteiger partial charge in [0.25, 0.3) is 0 Å². The quantitative estimate of drug-likeness (QED) is 0.693. The highest BCUT2D eigenvalue weighted by molar-refractivity contribution is 6.08. The van der Waals surface area contributed by atoms with Gasteiger partial charge in [-0.1, -0.05) is 35.5 Å². The summed E-state index contributed by atoms with van der Waals surface area (Å²) in [7, 11) is 0. The maximum Gasteiger partial charge on any atom is 0.216 e. The first-order valence-electron chi connectivity index (χ1n) is 6.44. The molecule has 0 radical (unpaired) electrons. The molecule has 2 aromatic carbocycles. The number of carbonyl (C=O) groups excluding carboxylic acids is 1. The summed E-state index contributed by atoms with van der Waals surface area (Å²) in [6, 6.07) is 13.9. The molecule has 3 aromatic rings. The topological polar surface area (TPSA) is 47.8 Å². The van der Waals surface area contributed by atoms with Crippen LogP contribution in [0.5, 0.6) is 0 Å². The van der Waals surface area contributed by atoms with E-state index in [-0.39, 0.29) is 11.3 Å². The van der Waals surface area contributed by atoms with Crippen molar-refractivity contribution < 1.29 is 9.18 Å². The van der Waals surface area contributed by atoms with E-state index >= 15 is 0 Å². The molecule has 1 heterocycles. The second kappa shape index (κ2) is 5.28. The Kier molecular flexibility index (Phi) is 3.31. The van der Waals surface area contributed by atoms with Gasteiger partial charge in [-0.2, -0.15) is 0 Å². The van der Waals surface area contributed by atoms with E-state index in [1.807, 2.05) is 18.2 Å². The van der Waals surface area contributed by atoms with Gasteiger partial charge in [-0.25, -0.2) is 9.07 Å². The zero-order valence-corrected chi connectivity index (χ0v) is 11.3. The summed E-state index contributed by atoms with van der Waals surface area (Å²) in [5.41, 5.74) is 1.38. The van der Waals surface area contributed by atoms with Crippen molar-refractivity contribution in [2.75, 3.05) is 0 Å². The Hall–Kier alpha value is -2.82. The Balaban J connectivity index is 2.08. The number of benzene rings is 2. The normalized spacial score (nSPS) is 10.6. The maximum atomic E-state index is 14.1. The number of halogens is 1. The van der Waals surface area contributed by atoms with E-state index in [0.29, 0.717) is 11.3 Å². The lowest BCUT2D eigenvalue weighted by atomic mass is 10.0. The van der Waals surface area contributed by atoms with E-state index in [1.54, 1.807) is 31.2 Å². The maximum absolute atomic E-state index is 14.1. The first-order chi connectivity index (χ1) is 10.2. The number of aryl methyl sites for hydroxylation is 1. The third-order valence-electron chi connectivity index (χ3n) is 3.22. The largest absolute Gasteiger partial charge is 0.287 e. The number of ketones is 1. The minimum atomic E-state index is -0.511. The minimum Gasteiger partial charge on any atom is -0.287 e. The van der Waals surface area contributed by atoms with E-state index in [0.717, 1.165) is 0 Å². The van der Waals surface area contributed by atoms with Crippen molar-refractivity contribution in [2.45, 2.75) is 6.92 Å². The lowest BCUT2D eigenvalue weighted by Crippen LogP contribution is -2.12. The number of carbonyl (C=O) groups is 1. The van der Waals surface area contributed by atoms with Crippen LogP contribution in [-0.4, -0.2) is 20.8 Å². The summed E-state index contributed by atoms with van der Waals surface area (Å²) >= 11 is 0. The van der Waals surface area contributed by atoms with Crippen LogP contribution in [0.4, 0.5) is 4.39 Å². The fourth-order valence-corrected chi connectivity index (χ4v) is 2.11. The van der Waals surface area contributed by atoms with Crippen LogP contribution in [0.1, 0.15) is 21.6 Å². The molecule has 0 aliphatic rings. The first-order valence-corrected chi connectivity index (χ1v) is 6.44. The fraction of sp³-hybridized carbons (Fsp3) is 0.0625. The van der Waals surface area contributed by atoms with Gasteiger partial charge in [0.2, 0.25) is 5.78 Å². The number of para-hydroxylation sites is 1. The highest BCUT2D eigenvalue weighted by Crippen LogP contribution is 2.18. The van der Waals surface area contributed by atoms with E-state index in [4.69, 9.17) is 0 Å². The van der Waals surface area contributed by atoms with Crippen molar-refractivity contribution in [1.82, 2.24) is 15.0 Å². The molecule has 5 heteroatoms. The summed E-state index contributed by atoms with van der Waals surface area (Å²) < 4.78 is 15.5. The summed E-state index contributed by atoms with van der Waals surface area (Å²) in [5.74, 6) is -0.951. The molecular formula is C16H12FN3O. The molecule has 0 saturated carbocycles. The van der Waals surface area contributed by atoms with Crippen LogP contribution in [-0.2, 0) is 0 Å². The molecule has 0 atom stereocenters. The van der Waals surface area contributed by atoms with Crippen LogP contribution < -0.4 is 0 Å². The lowest BCUT2D eigenvalue weighted by Gasteiger charge is -2.07. The van der Waals surface area contributed by atoms with Crippen LogP contribution >= 0.6 is 0 Å². The van der Waals surface area contributed by atoms with Crippen LogP contribution in [0.15, 0.2) is 54.7 Å². The molecule has 4 nitrogen and oxygen atoms in total. The van der Waals surface area contributed by atoms with Crippen molar-refractivity contribution in [3.8, 4) is 5.69 Å². The van der Waals surface area contributed by atoms with Gasteiger partial charge in [0.05, 0.1) is 17.4 Å². The van der Waals surface area contributed by atoms with Gasteiger partial charge in [-0.15, -0.1) is 5.10 Å². The average molecular weight is 281 g/mol. The molecule has 0 fully saturated rings. The fourth-order valence-electron chi connectivity index (χ4n) is 2.11. The number of aromatic nitrogens is 3. The number of rotatable bonds is 3. The van der Waals surface area contributed by atoms with Crippen molar-refractivity contribution in [2.24, 2.45) is 0 Å². The van der Waals surface area contributed by atoms with Gasteiger partial charge in [0.15, 0.2) is 0 Å². The van der Waals surface area contributed by atoms with Gasteiger partial charge in [0, 0.05) is 0 Å². The first kappa shape index (κ1) is 13.2. The minimum absolute atomic E-state index is 0.0227. The SMILES string of the molecule is Cc1cccc(C(=O)c2cnnn2-c2ccccc2)c1F. The second-order valence-electron chi connectivity index (χ2n) is 4.63. The molecule has 0 unspecified atom stereocenters. The second-order valence-corrected chi connectivity index (χ2v) is 4.63. The molecule has 0 N–H and O–H groups in total. The Morgan fingerprint density at radius 1 is 1.10 bits per heavy atom. The van der Waals surface area contributed by atoms with Crippen molar-refractivity contribution in [3.63, 3.8) is 0 Å². The smallest absolute Gasteiger partial charge is 0.216 e. The molecule has 21 heavy (non-hydrogen) atoms. The zero-order valence-electron chi connectivity index (χ0n) is 11.3. The predicted molar refractivity (Wildman–Crippen MR) is 75.9 cm³/mol. The van der Waals surface area contributed by atoms with E-state index in [1.165, 1.54) is 16.9 Å². The zero-order chi connectivity index (χ0) is 14.8. The van der Waals surface area contributed by atoms with Crippen molar-refractivity contribution in [3.05, 3.63) is 77.4 Å². The number of nitrogens with zero attached hydrogens (tertiary/aromatic N) is 3. The Bertz CT molecular complexity index is 796. The molecular weight excluding hydrogens is 269 g/mol. The summed E-state index contributed by atoms with van der Waals surface area (Å²) in [4.78, 5) is 12.5. The van der Waals surface area contributed by atoms with Gasteiger partial charge < -0.3 is 0 Å². The molecule has 1 aromatic heterocycles. The molecule has 0 aliphatic heterocycles. The molecule has 3 rings (SSSR count). The highest BCUT2D eigenvalue weighted by atomic mass is 19.1. The van der Waals surface area contributed by atoms with Crippen molar-refractivity contribution >= 4 is 5.78 Å². The van der Waals surface area contributed by atoms with Gasteiger partial charge >= 0.3 is 0 Å². The van der Waals surface area contributed by atoms with Crippen molar-refractivity contribution in [1.29, 1.82) is 0 Å². The van der Waals surface area contributed by atoms with Gasteiger partial charge in [-0.05, 0) is 30.7 Å². The van der Waals surface area contributed by atoms with Gasteiger partial charge in [0.1, 0.15) is 11.5 Å². The standard InChI is InChI=1S/C16H12FN3O/c1-11-6-5-9-13(15(11)17)16(21)14-10-18-19-20(14)12-7-3-2-4-8-12/h2-10H,1H3. The van der Waals surface area contributed by atoms with Crippen LogP contribution in [0.3, 0.4) is 0 Å². The third kappa shape index (κ3) is 2.33. The number of hydrogen-bond acceptors (Lipinski definition) is 3. The van der Waals surface area contributed by atoms with Crippen LogP contribution in [0.25, 0.3) is 5.69 Å². The average Bonchev–Trinajstić information content (AvgIpc) is 3.00. The van der Waals surface area contributed by atoms with E-state index < -0.39 is 11.6 Å². The molecule has 0 spiro atoms. The summed E-state index contributed by atoms with van der Waals surface area (Å²) in [6.07, 6.45) is 1.34. The Labute approximate surface area is 120 Å². The molecule has 0 amide bonds. The van der Waals surface area contributed by atoms with Crippen LogP contribution in [0, 0.1) is 12.7 Å².